The number of tetrazole rings is 1. The molecule has 3 aromatic rings. The smallest absolute Gasteiger partial charge is 0.345 e. The lowest BCUT2D eigenvalue weighted by Gasteiger charge is -2.21. The lowest BCUT2D eigenvalue weighted by Crippen LogP contribution is -2.29. The number of hydrogen-bond acceptors (Lipinski definition) is 5. The molecule has 0 spiro atoms. The summed E-state index contributed by atoms with van der Waals surface area (Å²) < 4.78 is 7.48. The number of aromatic nitrogens is 4. The molecule has 28 heavy (non-hydrogen) atoms. The van der Waals surface area contributed by atoms with Gasteiger partial charge < -0.3 is 10.1 Å². The standard InChI is InChI=1S/C22H27N5O/c1-2-5-9-19(10-6-3-1)23-17-18-13-15-21(16-14-18)28-22-24-25-26-27(22)20-11-7-4-8-12-20/h4,7-8,11-16,19,23H,1-3,5-6,9-10,17H2. The van der Waals surface area contributed by atoms with Crippen LogP contribution in [0.3, 0.4) is 0 Å². The number of para-hydroxylation sites is 1. The van der Waals surface area contributed by atoms with Crippen LogP contribution in [0, 0.1) is 0 Å². The van der Waals surface area contributed by atoms with Gasteiger partial charge in [0.15, 0.2) is 0 Å². The molecule has 1 aliphatic rings. The van der Waals surface area contributed by atoms with Crippen LogP contribution in [0.4, 0.5) is 0 Å². The van der Waals surface area contributed by atoms with Crippen molar-refractivity contribution in [1.29, 1.82) is 0 Å². The average Bonchev–Trinajstić information content (AvgIpc) is 3.17. The first-order valence-electron chi connectivity index (χ1n) is 10.2. The Kier molecular flexibility index (Phi) is 6.29. The molecule has 0 atom stereocenters. The second kappa shape index (κ2) is 9.46. The van der Waals surface area contributed by atoms with E-state index in [1.54, 1.807) is 4.68 Å². The van der Waals surface area contributed by atoms with E-state index in [1.165, 1.54) is 50.5 Å². The fourth-order valence-corrected chi connectivity index (χ4v) is 3.68. The van der Waals surface area contributed by atoms with Gasteiger partial charge in [-0.1, -0.05) is 67.5 Å². The lowest BCUT2D eigenvalue weighted by molar-refractivity contribution is 0.389. The number of ether oxygens (including phenoxy) is 1. The highest BCUT2D eigenvalue weighted by molar-refractivity contribution is 5.34. The van der Waals surface area contributed by atoms with Crippen molar-refractivity contribution in [3.05, 3.63) is 60.2 Å². The zero-order valence-electron chi connectivity index (χ0n) is 16.1. The molecule has 4 rings (SSSR count). The molecule has 1 saturated carbocycles. The number of nitrogens with zero attached hydrogens (tertiary/aromatic N) is 4. The third-order valence-corrected chi connectivity index (χ3v) is 5.27. The molecular weight excluding hydrogens is 350 g/mol. The third-order valence-electron chi connectivity index (χ3n) is 5.27. The molecule has 1 heterocycles. The molecule has 6 nitrogen and oxygen atoms in total. The van der Waals surface area contributed by atoms with Crippen LogP contribution < -0.4 is 10.1 Å². The van der Waals surface area contributed by atoms with Gasteiger partial charge in [-0.05, 0) is 53.1 Å². The summed E-state index contributed by atoms with van der Waals surface area (Å²) in [4.78, 5) is 0. The van der Waals surface area contributed by atoms with Gasteiger partial charge in [0, 0.05) is 12.6 Å². The first-order chi connectivity index (χ1) is 13.9. The summed E-state index contributed by atoms with van der Waals surface area (Å²) in [5, 5.41) is 15.5. The second-order valence-corrected chi connectivity index (χ2v) is 7.38. The number of nitrogens with one attached hydrogen (secondary N) is 1. The topological polar surface area (TPSA) is 64.9 Å². The van der Waals surface area contributed by atoms with E-state index in [4.69, 9.17) is 4.74 Å². The molecule has 1 aliphatic carbocycles. The minimum atomic E-state index is 0.353. The highest BCUT2D eigenvalue weighted by Crippen LogP contribution is 2.22. The van der Waals surface area contributed by atoms with Gasteiger partial charge in [-0.2, -0.15) is 4.68 Å². The van der Waals surface area contributed by atoms with Crippen molar-refractivity contribution in [3.63, 3.8) is 0 Å². The minimum Gasteiger partial charge on any atom is -0.423 e. The van der Waals surface area contributed by atoms with Crippen LogP contribution >= 0.6 is 0 Å². The number of hydrogen-bond donors (Lipinski definition) is 1. The van der Waals surface area contributed by atoms with Crippen molar-refractivity contribution in [2.45, 2.75) is 57.5 Å². The third kappa shape index (κ3) is 4.95. The van der Waals surface area contributed by atoms with E-state index >= 15 is 0 Å². The summed E-state index contributed by atoms with van der Waals surface area (Å²) in [6.07, 6.45) is 9.45. The maximum absolute atomic E-state index is 5.89. The predicted molar refractivity (Wildman–Crippen MR) is 109 cm³/mol. The monoisotopic (exact) mass is 377 g/mol. The quantitative estimate of drug-likeness (QED) is 0.677. The fraction of sp³-hybridized carbons (Fsp3) is 0.409. The van der Waals surface area contributed by atoms with Gasteiger partial charge in [0.1, 0.15) is 5.75 Å². The molecule has 146 valence electrons. The minimum absolute atomic E-state index is 0.353. The molecule has 2 aromatic carbocycles. The Morgan fingerprint density at radius 1 is 0.893 bits per heavy atom. The Labute approximate surface area is 165 Å². The largest absolute Gasteiger partial charge is 0.423 e. The Balaban J connectivity index is 1.35. The zero-order valence-corrected chi connectivity index (χ0v) is 16.1. The second-order valence-electron chi connectivity index (χ2n) is 7.38. The molecule has 1 N–H and O–H groups in total. The summed E-state index contributed by atoms with van der Waals surface area (Å²) >= 11 is 0. The van der Waals surface area contributed by atoms with Crippen LogP contribution in [0.15, 0.2) is 54.6 Å². The van der Waals surface area contributed by atoms with E-state index in [1.807, 2.05) is 42.5 Å². The summed E-state index contributed by atoms with van der Waals surface area (Å²) in [5.74, 6) is 0.724. The van der Waals surface area contributed by atoms with Crippen LogP contribution in [0.5, 0.6) is 11.8 Å². The van der Waals surface area contributed by atoms with Crippen LogP contribution in [-0.4, -0.2) is 26.2 Å². The molecule has 0 amide bonds. The molecule has 0 bridgehead atoms. The van der Waals surface area contributed by atoms with Crippen LogP contribution in [-0.2, 0) is 6.54 Å². The van der Waals surface area contributed by atoms with Crippen molar-refractivity contribution in [2.75, 3.05) is 0 Å². The fourth-order valence-electron chi connectivity index (χ4n) is 3.68. The van der Waals surface area contributed by atoms with Gasteiger partial charge in [0.05, 0.1) is 5.69 Å². The highest BCUT2D eigenvalue weighted by atomic mass is 16.5. The lowest BCUT2D eigenvalue weighted by atomic mass is 9.96. The van der Waals surface area contributed by atoms with Gasteiger partial charge in [-0.25, -0.2) is 0 Å². The van der Waals surface area contributed by atoms with Crippen molar-refractivity contribution in [2.24, 2.45) is 0 Å². The van der Waals surface area contributed by atoms with Crippen molar-refractivity contribution < 1.29 is 4.74 Å². The van der Waals surface area contributed by atoms with Crippen molar-refractivity contribution in [3.8, 4) is 17.4 Å². The SMILES string of the molecule is c1ccc(-n2nnnc2Oc2ccc(CNC3CCCCCCC3)cc2)cc1. The Morgan fingerprint density at radius 3 is 2.36 bits per heavy atom. The molecule has 6 heteroatoms. The van der Waals surface area contributed by atoms with Gasteiger partial charge in [0.25, 0.3) is 0 Å². The first kappa shape index (κ1) is 18.6. The molecule has 0 saturated heterocycles. The summed E-state index contributed by atoms with van der Waals surface area (Å²) in [7, 11) is 0. The van der Waals surface area contributed by atoms with Gasteiger partial charge >= 0.3 is 6.01 Å². The highest BCUT2D eigenvalue weighted by Gasteiger charge is 2.12. The molecule has 0 radical (unpaired) electrons. The Bertz CT molecular complexity index is 839. The van der Waals surface area contributed by atoms with Gasteiger partial charge in [-0.3, -0.25) is 0 Å². The predicted octanol–water partition coefficient (Wildman–Crippen LogP) is 4.66. The summed E-state index contributed by atoms with van der Waals surface area (Å²) in [6, 6.07) is 18.9. The average molecular weight is 377 g/mol. The molecule has 0 aliphatic heterocycles. The maximum atomic E-state index is 5.89. The summed E-state index contributed by atoms with van der Waals surface area (Å²) in [5.41, 5.74) is 2.12. The summed E-state index contributed by atoms with van der Waals surface area (Å²) in [6.45, 7) is 0.896. The first-order valence-corrected chi connectivity index (χ1v) is 10.2. The number of rotatable bonds is 6. The van der Waals surface area contributed by atoms with Crippen LogP contribution in [0.25, 0.3) is 5.69 Å². The number of benzene rings is 2. The van der Waals surface area contributed by atoms with Crippen LogP contribution in [0.1, 0.15) is 50.5 Å². The van der Waals surface area contributed by atoms with E-state index in [0.717, 1.165) is 18.0 Å². The Hall–Kier alpha value is -2.73. The van der Waals surface area contributed by atoms with E-state index in [0.29, 0.717) is 12.1 Å². The molecular formula is C22H27N5O. The maximum Gasteiger partial charge on any atom is 0.345 e. The van der Waals surface area contributed by atoms with E-state index < -0.39 is 0 Å². The van der Waals surface area contributed by atoms with Crippen molar-refractivity contribution >= 4 is 0 Å². The molecule has 1 fully saturated rings. The van der Waals surface area contributed by atoms with E-state index in [-0.39, 0.29) is 0 Å². The van der Waals surface area contributed by atoms with Gasteiger partial charge in [-0.15, -0.1) is 0 Å². The zero-order chi connectivity index (χ0) is 19.0. The van der Waals surface area contributed by atoms with Crippen LogP contribution in [0.2, 0.25) is 0 Å². The molecule has 1 aromatic heterocycles. The molecule has 0 unspecified atom stereocenters. The van der Waals surface area contributed by atoms with Gasteiger partial charge in [0.2, 0.25) is 0 Å². The normalized spacial score (nSPS) is 15.7. The van der Waals surface area contributed by atoms with E-state index in [9.17, 15) is 0 Å². The Morgan fingerprint density at radius 2 is 1.61 bits per heavy atom. The van der Waals surface area contributed by atoms with E-state index in [2.05, 4.69) is 33.0 Å². The van der Waals surface area contributed by atoms with Crippen molar-refractivity contribution in [1.82, 2.24) is 25.5 Å².